The highest BCUT2D eigenvalue weighted by Crippen LogP contribution is 2.40. The number of aliphatic hydroxyl groups is 2. The van der Waals surface area contributed by atoms with Gasteiger partial charge in [-0.3, -0.25) is 14.9 Å². The van der Waals surface area contributed by atoms with Crippen molar-refractivity contribution in [1.82, 2.24) is 10.2 Å². The number of methoxy groups -OCH3 is 2. The van der Waals surface area contributed by atoms with E-state index in [9.17, 15) is 29.4 Å². The summed E-state index contributed by atoms with van der Waals surface area (Å²) in [6, 6.07) is 2.46. The fourth-order valence-electron chi connectivity index (χ4n) is 6.36. The lowest BCUT2D eigenvalue weighted by molar-refractivity contribution is -0.186. The molecular formula is C36H52ClN3O10S2. The molecule has 16 heteroatoms. The molecule has 290 valence electrons. The standard InChI is InChI=1S/C36H52ClN3O10S2/c1-20-11-10-12-28(48-9)36(46)19-27(49-34(44)38-36)21(2)22(3)35(5,45)29(50-33(43)23(4)39(6)30(41)13-14-52-51)18-31(42)40(7)25-16-24(15-20)17-26(47-8)32(25)37/h10-12,16-17,21-23,27-29,45-46,51H,13-15,18-19H2,1-9H3,(H,38,44)/b12-10+,20-11+/t21-,22?,23-,27?,28+,29-,35?,36-/m0/s1. The number of benzene rings is 1. The second-order valence-corrected chi connectivity index (χ2v) is 15.6. The molecule has 0 saturated carbocycles. The molecule has 3 amide bonds. The second-order valence-electron chi connectivity index (χ2n) is 13.8. The third kappa shape index (κ3) is 10.2. The Morgan fingerprint density at radius 1 is 1.25 bits per heavy atom. The van der Waals surface area contributed by atoms with Crippen LogP contribution >= 0.6 is 34.1 Å². The quantitative estimate of drug-likeness (QED) is 0.164. The van der Waals surface area contributed by atoms with Crippen LogP contribution in [0.3, 0.4) is 0 Å². The van der Waals surface area contributed by atoms with Gasteiger partial charge < -0.3 is 39.0 Å². The smallest absolute Gasteiger partial charge is 0.409 e. The second kappa shape index (κ2) is 18.4. The van der Waals surface area contributed by atoms with Crippen molar-refractivity contribution in [3.05, 3.63) is 46.5 Å². The van der Waals surface area contributed by atoms with Gasteiger partial charge in [-0.2, -0.15) is 0 Å². The number of hydrogen-bond acceptors (Lipinski definition) is 12. The molecule has 0 spiro atoms. The van der Waals surface area contributed by atoms with Gasteiger partial charge in [0.1, 0.15) is 40.7 Å². The topological polar surface area (TPSA) is 164 Å². The first kappa shape index (κ1) is 43.5. The number of nitrogens with zero attached hydrogens (tertiary/aromatic N) is 2. The van der Waals surface area contributed by atoms with Gasteiger partial charge in [0.2, 0.25) is 11.8 Å². The van der Waals surface area contributed by atoms with E-state index >= 15 is 0 Å². The number of anilines is 1. The number of amides is 3. The van der Waals surface area contributed by atoms with Crippen molar-refractivity contribution < 1.29 is 48.3 Å². The van der Waals surface area contributed by atoms with Gasteiger partial charge in [0.05, 0.1) is 19.2 Å². The number of thiol groups is 1. The third-order valence-corrected chi connectivity index (χ3v) is 11.6. The van der Waals surface area contributed by atoms with Gasteiger partial charge in [0.25, 0.3) is 0 Å². The van der Waals surface area contributed by atoms with Crippen molar-refractivity contribution in [1.29, 1.82) is 0 Å². The minimum Gasteiger partial charge on any atom is -0.495 e. The summed E-state index contributed by atoms with van der Waals surface area (Å²) >= 11 is 10.8. The summed E-state index contributed by atoms with van der Waals surface area (Å²) in [5, 5.41) is 26.7. The monoisotopic (exact) mass is 785 g/mol. The van der Waals surface area contributed by atoms with Crippen LogP contribution in [-0.2, 0) is 35.0 Å². The van der Waals surface area contributed by atoms with E-state index in [-0.39, 0.29) is 23.8 Å². The van der Waals surface area contributed by atoms with E-state index < -0.39 is 71.9 Å². The highest BCUT2D eigenvalue weighted by Gasteiger charge is 2.51. The molecule has 3 unspecified atom stereocenters. The lowest BCUT2D eigenvalue weighted by Gasteiger charge is -2.46. The molecule has 3 N–H and O–H groups in total. The summed E-state index contributed by atoms with van der Waals surface area (Å²) in [7, 11) is 7.06. The Morgan fingerprint density at radius 2 is 1.92 bits per heavy atom. The number of carbonyl (C=O) groups is 4. The van der Waals surface area contributed by atoms with Gasteiger partial charge in [-0.1, -0.05) is 60.0 Å². The average molecular weight is 786 g/mol. The minimum absolute atomic E-state index is 0.114. The van der Waals surface area contributed by atoms with Gasteiger partial charge >= 0.3 is 12.1 Å². The Kier molecular flexibility index (Phi) is 15.4. The Morgan fingerprint density at radius 3 is 2.54 bits per heavy atom. The molecule has 2 aliphatic heterocycles. The molecule has 1 saturated heterocycles. The van der Waals surface area contributed by atoms with Gasteiger partial charge in [-0.15, -0.1) is 11.7 Å². The first-order valence-electron chi connectivity index (χ1n) is 17.0. The summed E-state index contributed by atoms with van der Waals surface area (Å²) in [5.74, 6) is -2.37. The number of ether oxygens (including phenoxy) is 4. The Hall–Kier alpha value is -2.95. The van der Waals surface area contributed by atoms with Crippen molar-refractivity contribution >= 4 is 63.6 Å². The number of fused-ring (bicyclic) bond motifs is 4. The van der Waals surface area contributed by atoms with Crippen LogP contribution in [0.1, 0.15) is 59.4 Å². The zero-order valence-electron chi connectivity index (χ0n) is 31.2. The number of esters is 1. The Bertz CT molecular complexity index is 1540. The van der Waals surface area contributed by atoms with Gasteiger partial charge in [0, 0.05) is 39.8 Å². The normalized spacial score (nSPS) is 31.0. The predicted octanol–water partition coefficient (Wildman–Crippen LogP) is 4.71. The fraction of sp³-hybridized carbons (Fsp3) is 0.611. The number of carbonyl (C=O) groups excluding carboxylic acids is 4. The van der Waals surface area contributed by atoms with Gasteiger partial charge in [-0.25, -0.2) is 9.59 Å². The largest absolute Gasteiger partial charge is 0.495 e. The van der Waals surface area contributed by atoms with Crippen LogP contribution in [0.5, 0.6) is 5.75 Å². The molecule has 0 radical (unpaired) electrons. The van der Waals surface area contributed by atoms with E-state index in [1.807, 2.05) is 13.0 Å². The zero-order chi connectivity index (χ0) is 39.1. The van der Waals surface area contributed by atoms with Crippen molar-refractivity contribution in [2.45, 2.75) is 96.0 Å². The van der Waals surface area contributed by atoms with Crippen molar-refractivity contribution in [3.63, 3.8) is 0 Å². The van der Waals surface area contributed by atoms with E-state index in [2.05, 4.69) is 17.0 Å². The zero-order valence-corrected chi connectivity index (χ0v) is 33.6. The molecule has 0 aliphatic carbocycles. The molecule has 1 fully saturated rings. The first-order valence-corrected chi connectivity index (χ1v) is 19.4. The van der Waals surface area contributed by atoms with E-state index in [1.165, 1.54) is 62.8 Å². The lowest BCUT2D eigenvalue weighted by atomic mass is 9.73. The van der Waals surface area contributed by atoms with Crippen LogP contribution in [0, 0.1) is 11.8 Å². The van der Waals surface area contributed by atoms with Crippen LogP contribution in [0.4, 0.5) is 10.5 Å². The van der Waals surface area contributed by atoms with Crippen molar-refractivity contribution in [2.24, 2.45) is 11.8 Å². The van der Waals surface area contributed by atoms with Crippen molar-refractivity contribution in [2.75, 3.05) is 39.0 Å². The molecule has 13 nitrogen and oxygen atoms in total. The molecule has 8 atom stereocenters. The number of nitrogens with one attached hydrogen (secondary N) is 1. The maximum atomic E-state index is 14.1. The molecule has 4 bridgehead atoms. The van der Waals surface area contributed by atoms with E-state index in [4.69, 9.17) is 30.5 Å². The Labute approximate surface area is 320 Å². The Balaban J connectivity index is 2.16. The number of rotatable bonds is 8. The molecule has 1 aromatic rings. The summed E-state index contributed by atoms with van der Waals surface area (Å²) in [6.45, 7) is 8.25. The molecule has 2 aliphatic rings. The highest BCUT2D eigenvalue weighted by molar-refractivity contribution is 8.68. The maximum absolute atomic E-state index is 14.1. The summed E-state index contributed by atoms with van der Waals surface area (Å²) in [4.78, 5) is 55.9. The van der Waals surface area contributed by atoms with E-state index in [1.54, 1.807) is 38.1 Å². The highest BCUT2D eigenvalue weighted by atomic mass is 35.5. The van der Waals surface area contributed by atoms with E-state index in [0.29, 0.717) is 23.6 Å². The summed E-state index contributed by atoms with van der Waals surface area (Å²) < 4.78 is 22.7. The average Bonchev–Trinajstić information content (AvgIpc) is 3.09. The first-order chi connectivity index (χ1) is 24.3. The number of allylic oxidation sites excluding steroid dienone is 3. The molecule has 0 aromatic heterocycles. The maximum Gasteiger partial charge on any atom is 0.409 e. The van der Waals surface area contributed by atoms with E-state index in [0.717, 1.165) is 11.1 Å². The number of halogens is 1. The summed E-state index contributed by atoms with van der Waals surface area (Å²) in [6.07, 6.45) is 0.913. The minimum atomic E-state index is -1.92. The van der Waals surface area contributed by atoms with Crippen LogP contribution in [0.2, 0.25) is 5.02 Å². The number of alkyl carbamates (subject to hydrolysis) is 1. The van der Waals surface area contributed by atoms with Gasteiger partial charge in [0.15, 0.2) is 5.72 Å². The number of hydrogen-bond donors (Lipinski definition) is 4. The molecule has 3 rings (SSSR count). The molecule has 52 heavy (non-hydrogen) atoms. The van der Waals surface area contributed by atoms with Crippen LogP contribution in [0.15, 0.2) is 35.9 Å². The molecular weight excluding hydrogens is 734 g/mol. The van der Waals surface area contributed by atoms with Gasteiger partial charge in [-0.05, 0) is 56.7 Å². The fourth-order valence-corrected chi connectivity index (χ4v) is 7.21. The summed E-state index contributed by atoms with van der Waals surface area (Å²) in [5.41, 5.74) is -1.78. The molecule has 1 aromatic carbocycles. The lowest BCUT2D eigenvalue weighted by Crippen LogP contribution is -2.64. The third-order valence-electron chi connectivity index (χ3n) is 10.3. The SMILES string of the molecule is COc1cc2cc(c1Cl)N(C)C(=O)C[C@H](OC(=O)[C@H](C)N(C)C(=O)CCSS)C(C)(O)C(C)[C@H](C)C1C[C@@](O)(NC(=O)O1)[C@H](OC)/C=C/C=C(\C)C2. The number of likely N-dealkylation sites (N-methyl/N-ethyl adjacent to an activating group) is 1. The molecule has 2 heterocycles. The van der Waals surface area contributed by atoms with Crippen molar-refractivity contribution in [3.8, 4) is 5.75 Å². The van der Waals surface area contributed by atoms with Crippen LogP contribution in [-0.4, -0.2) is 109 Å². The van der Waals surface area contributed by atoms with Crippen LogP contribution < -0.4 is 15.0 Å². The van der Waals surface area contributed by atoms with Crippen LogP contribution in [0.25, 0.3) is 0 Å². The predicted molar refractivity (Wildman–Crippen MR) is 204 cm³/mol.